The lowest BCUT2D eigenvalue weighted by Gasteiger charge is -2.22. The van der Waals surface area contributed by atoms with E-state index in [-0.39, 0.29) is 0 Å². The highest BCUT2D eigenvalue weighted by atomic mass is 16.5. The van der Waals surface area contributed by atoms with Crippen LogP contribution in [-0.2, 0) is 0 Å². The van der Waals surface area contributed by atoms with Gasteiger partial charge in [0.25, 0.3) is 0 Å². The summed E-state index contributed by atoms with van der Waals surface area (Å²) in [5.41, 5.74) is 6.73. The van der Waals surface area contributed by atoms with Crippen molar-refractivity contribution in [2.24, 2.45) is 4.99 Å². The van der Waals surface area contributed by atoms with E-state index in [1.165, 1.54) is 19.3 Å². The monoisotopic (exact) mass is 475 g/mol. The van der Waals surface area contributed by atoms with E-state index in [1.54, 1.807) is 13.3 Å². The van der Waals surface area contributed by atoms with E-state index < -0.39 is 0 Å². The van der Waals surface area contributed by atoms with Crippen LogP contribution in [0.5, 0.6) is 5.88 Å². The van der Waals surface area contributed by atoms with E-state index in [9.17, 15) is 0 Å². The van der Waals surface area contributed by atoms with E-state index in [0.717, 1.165) is 57.7 Å². The van der Waals surface area contributed by atoms with Crippen LogP contribution in [0.4, 0.5) is 11.4 Å². The molecule has 6 nitrogen and oxygen atoms in total. The number of hydrogen-bond donors (Lipinski definition) is 1. The molecule has 36 heavy (non-hydrogen) atoms. The molecule has 0 bridgehead atoms. The molecule has 0 atom stereocenters. The average molecular weight is 476 g/mol. The zero-order valence-electron chi connectivity index (χ0n) is 20.4. The molecular formula is C30H29N5O. The number of pyridine rings is 1. The average Bonchev–Trinajstić information content (AvgIpc) is 2.93. The van der Waals surface area contributed by atoms with Crippen molar-refractivity contribution in [2.45, 2.75) is 38.1 Å². The van der Waals surface area contributed by atoms with Gasteiger partial charge in [-0.2, -0.15) is 0 Å². The molecule has 1 aromatic heterocycles. The number of para-hydroxylation sites is 3. The second-order valence-corrected chi connectivity index (χ2v) is 9.24. The van der Waals surface area contributed by atoms with Gasteiger partial charge in [0.2, 0.25) is 5.88 Å². The van der Waals surface area contributed by atoms with Crippen molar-refractivity contribution in [1.82, 2.24) is 14.5 Å². The first kappa shape index (κ1) is 22.3. The first-order valence-corrected chi connectivity index (χ1v) is 12.6. The number of methoxy groups -OCH3 is 1. The Kier molecular flexibility index (Phi) is 6.08. The number of benzene rings is 3. The number of aromatic nitrogens is 3. The Morgan fingerprint density at radius 2 is 1.69 bits per heavy atom. The molecule has 2 heterocycles. The molecule has 0 saturated heterocycles. The van der Waals surface area contributed by atoms with Crippen molar-refractivity contribution in [2.75, 3.05) is 12.4 Å². The molecule has 1 fully saturated rings. The molecule has 0 radical (unpaired) electrons. The zero-order valence-corrected chi connectivity index (χ0v) is 20.4. The van der Waals surface area contributed by atoms with Gasteiger partial charge in [0.15, 0.2) is 0 Å². The second-order valence-electron chi connectivity index (χ2n) is 9.24. The highest BCUT2D eigenvalue weighted by Gasteiger charge is 2.18. The van der Waals surface area contributed by atoms with Gasteiger partial charge in [-0.1, -0.05) is 49.6 Å². The molecule has 0 spiro atoms. The highest BCUT2D eigenvalue weighted by Crippen LogP contribution is 2.32. The summed E-state index contributed by atoms with van der Waals surface area (Å²) in [6.07, 6.45) is 7.75. The van der Waals surface area contributed by atoms with Gasteiger partial charge >= 0.3 is 0 Å². The van der Waals surface area contributed by atoms with Gasteiger partial charge in [0.05, 0.1) is 46.6 Å². The Labute approximate surface area is 210 Å². The summed E-state index contributed by atoms with van der Waals surface area (Å²) in [6, 6.07) is 27.2. The third kappa shape index (κ3) is 4.31. The van der Waals surface area contributed by atoms with E-state index in [0.29, 0.717) is 11.9 Å². The largest absolute Gasteiger partial charge is 0.480 e. The lowest BCUT2D eigenvalue weighted by atomic mass is 9.96. The fraction of sp³-hybridized carbons (Fsp3) is 0.233. The summed E-state index contributed by atoms with van der Waals surface area (Å²) in [7, 11) is 1.64. The van der Waals surface area contributed by atoms with Crippen molar-refractivity contribution in [3.8, 4) is 23.0 Å². The number of hydrogen-bond acceptors (Lipinski definition) is 5. The van der Waals surface area contributed by atoms with E-state index in [4.69, 9.17) is 14.7 Å². The van der Waals surface area contributed by atoms with Crippen LogP contribution in [0.25, 0.3) is 28.1 Å². The molecule has 1 aliphatic heterocycles. The van der Waals surface area contributed by atoms with Crippen molar-refractivity contribution in [3.05, 3.63) is 90.4 Å². The molecule has 3 aliphatic rings. The SMILES string of the molecule is COc1ncccc1Nc1cc2nc3ccccc3n(-c3ccccc3)c-2cc1=NC1CCCCC1. The van der Waals surface area contributed by atoms with Gasteiger partial charge in [-0.25, -0.2) is 9.97 Å². The maximum atomic E-state index is 5.51. The lowest BCUT2D eigenvalue weighted by molar-refractivity contribution is 0.400. The van der Waals surface area contributed by atoms with Crippen molar-refractivity contribution >= 4 is 22.4 Å². The molecule has 3 aromatic rings. The Morgan fingerprint density at radius 3 is 2.53 bits per heavy atom. The Balaban J connectivity index is 1.62. The summed E-state index contributed by atoms with van der Waals surface area (Å²) >= 11 is 0. The maximum Gasteiger partial charge on any atom is 0.237 e. The van der Waals surface area contributed by atoms with Gasteiger partial charge in [-0.3, -0.25) is 4.99 Å². The summed E-state index contributed by atoms with van der Waals surface area (Å²) in [5, 5.41) is 4.48. The fourth-order valence-electron chi connectivity index (χ4n) is 5.10. The zero-order chi connectivity index (χ0) is 24.3. The van der Waals surface area contributed by atoms with E-state index in [2.05, 4.69) is 69.5 Å². The Bertz CT molecular complexity index is 1540. The molecule has 180 valence electrons. The maximum absolute atomic E-state index is 5.51. The molecule has 1 saturated carbocycles. The number of nitrogens with zero attached hydrogens (tertiary/aromatic N) is 4. The van der Waals surface area contributed by atoms with E-state index in [1.807, 2.05) is 24.3 Å². The van der Waals surface area contributed by atoms with Gasteiger partial charge in [-0.05, 0) is 61.4 Å². The van der Waals surface area contributed by atoms with Crippen LogP contribution in [-0.4, -0.2) is 27.7 Å². The van der Waals surface area contributed by atoms with Crippen LogP contribution in [0.2, 0.25) is 0 Å². The topological polar surface area (TPSA) is 64.3 Å². The second kappa shape index (κ2) is 9.82. The Morgan fingerprint density at radius 1 is 0.889 bits per heavy atom. The molecule has 1 N–H and O–H groups in total. The normalized spacial score (nSPS) is 14.9. The molecule has 6 rings (SSSR count). The first-order valence-electron chi connectivity index (χ1n) is 12.6. The number of rotatable bonds is 5. The number of anilines is 2. The minimum atomic E-state index is 0.325. The Hall–Kier alpha value is -4.19. The minimum absolute atomic E-state index is 0.325. The van der Waals surface area contributed by atoms with Crippen LogP contribution in [0.1, 0.15) is 32.1 Å². The van der Waals surface area contributed by atoms with Crippen molar-refractivity contribution in [1.29, 1.82) is 0 Å². The molecule has 2 aliphatic carbocycles. The summed E-state index contributed by atoms with van der Waals surface area (Å²) < 4.78 is 7.79. The molecule has 2 aromatic carbocycles. The van der Waals surface area contributed by atoms with Crippen molar-refractivity contribution < 1.29 is 4.74 Å². The highest BCUT2D eigenvalue weighted by molar-refractivity contribution is 5.84. The summed E-state index contributed by atoms with van der Waals surface area (Å²) in [5.74, 6) is 0.548. The summed E-state index contributed by atoms with van der Waals surface area (Å²) in [4.78, 5) is 14.7. The van der Waals surface area contributed by atoms with Gasteiger partial charge < -0.3 is 14.6 Å². The van der Waals surface area contributed by atoms with Crippen LogP contribution >= 0.6 is 0 Å². The van der Waals surface area contributed by atoms with Crippen LogP contribution in [0.15, 0.2) is 90.1 Å². The van der Waals surface area contributed by atoms with Gasteiger partial charge in [0.1, 0.15) is 5.69 Å². The molecule has 0 amide bonds. The standard InChI is InChI=1S/C30H29N5O/c1-36-30-24(16-10-18-31-30)34-25-19-27-29(20-26(25)32-21-11-4-2-5-12-21)35(22-13-6-3-7-14-22)28-17-9-8-15-23(28)33-27/h3,6-10,13-21,34H,2,4-5,11-12H2,1H3. The van der Waals surface area contributed by atoms with Gasteiger partial charge in [-0.15, -0.1) is 0 Å². The summed E-state index contributed by atoms with van der Waals surface area (Å²) in [6.45, 7) is 0. The number of ether oxygens (including phenoxy) is 1. The fourth-order valence-corrected chi connectivity index (χ4v) is 5.10. The third-order valence-electron chi connectivity index (χ3n) is 6.84. The first-order chi connectivity index (χ1) is 17.8. The lowest BCUT2D eigenvalue weighted by Crippen LogP contribution is -2.19. The van der Waals surface area contributed by atoms with Crippen molar-refractivity contribution in [3.63, 3.8) is 0 Å². The molecule has 0 unspecified atom stereocenters. The number of nitrogens with one attached hydrogen (secondary N) is 1. The van der Waals surface area contributed by atoms with Gasteiger partial charge in [0, 0.05) is 11.9 Å². The quantitative estimate of drug-likeness (QED) is 0.294. The minimum Gasteiger partial charge on any atom is -0.480 e. The predicted octanol–water partition coefficient (Wildman–Crippen LogP) is 6.51. The molecule has 6 heteroatoms. The third-order valence-corrected chi connectivity index (χ3v) is 6.84. The number of fused-ring (bicyclic) bond motifs is 2. The van der Waals surface area contributed by atoms with E-state index >= 15 is 0 Å². The smallest absolute Gasteiger partial charge is 0.237 e. The van der Waals surface area contributed by atoms with Crippen LogP contribution in [0, 0.1) is 0 Å². The molecular weight excluding hydrogens is 446 g/mol. The van der Waals surface area contributed by atoms with Crippen LogP contribution < -0.4 is 15.4 Å². The van der Waals surface area contributed by atoms with Crippen LogP contribution in [0.3, 0.4) is 0 Å². The predicted molar refractivity (Wildman–Crippen MR) is 144 cm³/mol.